The molecule has 1 aliphatic rings. The van der Waals surface area contributed by atoms with Crippen LogP contribution in [0.4, 0.5) is 10.8 Å². The fourth-order valence-corrected chi connectivity index (χ4v) is 5.37. The minimum absolute atomic E-state index is 0.0466. The van der Waals surface area contributed by atoms with E-state index in [1.165, 1.54) is 28.4 Å². The van der Waals surface area contributed by atoms with Crippen LogP contribution in [-0.4, -0.2) is 21.0 Å². The van der Waals surface area contributed by atoms with Gasteiger partial charge in [-0.05, 0) is 60.7 Å². The summed E-state index contributed by atoms with van der Waals surface area (Å²) in [5.41, 5.74) is 2.55. The SMILES string of the molecule is Cc1cc2oc3c(c(=O)c2cc1C)[C@@H](c1ccc([N+](=O)[O-])cc1)N(c1nnc(CC(C)C)s1)C3=O. The Hall–Kier alpha value is -3.92. The van der Waals surface area contributed by atoms with E-state index in [2.05, 4.69) is 24.0 Å². The van der Waals surface area contributed by atoms with Gasteiger partial charge in [0.2, 0.25) is 10.9 Å². The fourth-order valence-electron chi connectivity index (χ4n) is 4.29. The lowest BCUT2D eigenvalue weighted by Gasteiger charge is -2.22. The number of rotatable bonds is 5. The lowest BCUT2D eigenvalue weighted by molar-refractivity contribution is -0.384. The number of hydrogen-bond donors (Lipinski definition) is 0. The summed E-state index contributed by atoms with van der Waals surface area (Å²) in [5.74, 6) is -0.185. The first-order valence-corrected chi connectivity index (χ1v) is 12.0. The Morgan fingerprint density at radius 3 is 2.46 bits per heavy atom. The Balaban J connectivity index is 1.74. The molecule has 0 bridgehead atoms. The zero-order valence-corrected chi connectivity index (χ0v) is 20.4. The summed E-state index contributed by atoms with van der Waals surface area (Å²) in [6.07, 6.45) is 0.703. The third-order valence-corrected chi connectivity index (χ3v) is 7.10. The maximum Gasteiger partial charge on any atom is 0.297 e. The smallest absolute Gasteiger partial charge is 0.297 e. The van der Waals surface area contributed by atoms with Gasteiger partial charge in [0.25, 0.3) is 11.6 Å². The van der Waals surface area contributed by atoms with E-state index in [1.807, 2.05) is 13.8 Å². The molecule has 0 saturated carbocycles. The van der Waals surface area contributed by atoms with Gasteiger partial charge in [-0.15, -0.1) is 10.2 Å². The van der Waals surface area contributed by atoms with Crippen molar-refractivity contribution < 1.29 is 14.1 Å². The third kappa shape index (κ3) is 3.79. The van der Waals surface area contributed by atoms with Crippen LogP contribution in [0.1, 0.15) is 57.7 Å². The van der Waals surface area contributed by atoms with E-state index >= 15 is 0 Å². The summed E-state index contributed by atoms with van der Waals surface area (Å²) in [6, 6.07) is 8.50. The van der Waals surface area contributed by atoms with Gasteiger partial charge >= 0.3 is 0 Å². The molecule has 9 nitrogen and oxygen atoms in total. The summed E-state index contributed by atoms with van der Waals surface area (Å²) in [7, 11) is 0. The Kier molecular flexibility index (Phi) is 5.47. The molecule has 1 aliphatic heterocycles. The van der Waals surface area contributed by atoms with E-state index in [9.17, 15) is 19.7 Å². The van der Waals surface area contributed by atoms with Crippen LogP contribution in [0.5, 0.6) is 0 Å². The number of nitro benzene ring substituents is 1. The number of aryl methyl sites for hydroxylation is 2. The van der Waals surface area contributed by atoms with Crippen molar-refractivity contribution in [2.75, 3.05) is 4.90 Å². The van der Waals surface area contributed by atoms with Gasteiger partial charge in [-0.2, -0.15) is 0 Å². The molecule has 5 rings (SSSR count). The molecule has 0 fully saturated rings. The first-order chi connectivity index (χ1) is 16.7. The molecule has 2 aromatic heterocycles. The number of non-ortho nitro benzene ring substituents is 1. The first-order valence-electron chi connectivity index (χ1n) is 11.1. The molecule has 35 heavy (non-hydrogen) atoms. The van der Waals surface area contributed by atoms with Crippen LogP contribution in [0.3, 0.4) is 0 Å². The van der Waals surface area contributed by atoms with E-state index in [4.69, 9.17) is 4.42 Å². The van der Waals surface area contributed by atoms with Crippen LogP contribution >= 0.6 is 11.3 Å². The highest BCUT2D eigenvalue weighted by molar-refractivity contribution is 7.15. The number of carbonyl (C=O) groups is 1. The van der Waals surface area contributed by atoms with Crippen LogP contribution in [0, 0.1) is 29.9 Å². The molecule has 3 heterocycles. The highest BCUT2D eigenvalue weighted by Crippen LogP contribution is 2.42. The van der Waals surface area contributed by atoms with Gasteiger partial charge in [-0.3, -0.25) is 24.6 Å². The lowest BCUT2D eigenvalue weighted by atomic mass is 9.97. The number of carbonyl (C=O) groups excluding carboxylic acids is 1. The van der Waals surface area contributed by atoms with E-state index in [-0.39, 0.29) is 22.4 Å². The van der Waals surface area contributed by atoms with Gasteiger partial charge < -0.3 is 4.42 Å². The number of fused-ring (bicyclic) bond motifs is 2. The van der Waals surface area contributed by atoms with Crippen molar-refractivity contribution in [1.82, 2.24) is 10.2 Å². The van der Waals surface area contributed by atoms with Gasteiger partial charge in [-0.1, -0.05) is 25.2 Å². The fraction of sp³-hybridized carbons (Fsp3) is 0.280. The van der Waals surface area contributed by atoms with Crippen LogP contribution < -0.4 is 10.3 Å². The summed E-state index contributed by atoms with van der Waals surface area (Å²) in [4.78, 5) is 39.5. The number of nitro groups is 1. The molecule has 0 radical (unpaired) electrons. The van der Waals surface area contributed by atoms with Crippen molar-refractivity contribution in [2.24, 2.45) is 5.92 Å². The predicted molar refractivity (Wildman–Crippen MR) is 132 cm³/mol. The van der Waals surface area contributed by atoms with Gasteiger partial charge in [0.15, 0.2) is 5.43 Å². The van der Waals surface area contributed by atoms with Crippen molar-refractivity contribution in [3.05, 3.63) is 89.8 Å². The number of hydrogen-bond acceptors (Lipinski definition) is 8. The maximum absolute atomic E-state index is 13.7. The lowest BCUT2D eigenvalue weighted by Crippen LogP contribution is -2.29. The topological polar surface area (TPSA) is 119 Å². The molecule has 10 heteroatoms. The van der Waals surface area contributed by atoms with Crippen molar-refractivity contribution in [1.29, 1.82) is 0 Å². The molecule has 0 saturated heterocycles. The van der Waals surface area contributed by atoms with Crippen molar-refractivity contribution in [3.8, 4) is 0 Å². The van der Waals surface area contributed by atoms with Gasteiger partial charge in [0.05, 0.1) is 21.9 Å². The third-order valence-electron chi connectivity index (χ3n) is 6.15. The van der Waals surface area contributed by atoms with Gasteiger partial charge in [-0.25, -0.2) is 0 Å². The van der Waals surface area contributed by atoms with Crippen LogP contribution in [-0.2, 0) is 6.42 Å². The van der Waals surface area contributed by atoms with Crippen molar-refractivity contribution >= 4 is 39.0 Å². The molecular formula is C25H22N4O5S. The van der Waals surface area contributed by atoms with Crippen molar-refractivity contribution in [2.45, 2.75) is 40.2 Å². The predicted octanol–water partition coefficient (Wildman–Crippen LogP) is 5.12. The summed E-state index contributed by atoms with van der Waals surface area (Å²) < 4.78 is 6.03. The molecule has 4 aromatic rings. The standard InChI is InChI=1S/C25H22N4O5S/c1-12(2)9-19-26-27-25(35-19)28-21(15-5-7-16(8-6-15)29(32)33)20-22(30)17-10-13(3)14(4)11-18(17)34-23(20)24(28)31/h5-8,10-12,21H,9H2,1-4H3/t21-/m1/s1. The van der Waals surface area contributed by atoms with Crippen LogP contribution in [0.2, 0.25) is 0 Å². The molecule has 2 aromatic carbocycles. The zero-order valence-electron chi connectivity index (χ0n) is 19.6. The Morgan fingerprint density at radius 2 is 1.80 bits per heavy atom. The number of aromatic nitrogens is 2. The molecule has 178 valence electrons. The summed E-state index contributed by atoms with van der Waals surface area (Å²) in [6.45, 7) is 7.95. The van der Waals surface area contributed by atoms with Crippen LogP contribution in [0.15, 0.2) is 45.6 Å². The molecule has 0 N–H and O–H groups in total. The molecule has 1 atom stereocenters. The highest BCUT2D eigenvalue weighted by Gasteiger charge is 2.45. The second kappa shape index (κ2) is 8.38. The second-order valence-corrected chi connectivity index (χ2v) is 10.1. The van der Waals surface area contributed by atoms with E-state index in [1.54, 1.807) is 24.3 Å². The normalized spacial score (nSPS) is 15.3. The summed E-state index contributed by atoms with van der Waals surface area (Å²) >= 11 is 1.29. The highest BCUT2D eigenvalue weighted by atomic mass is 32.1. The van der Waals surface area contributed by atoms with E-state index < -0.39 is 16.9 Å². The largest absolute Gasteiger partial charge is 0.450 e. The molecular weight excluding hydrogens is 468 g/mol. The maximum atomic E-state index is 13.7. The van der Waals surface area contributed by atoms with Crippen LogP contribution in [0.25, 0.3) is 11.0 Å². The average Bonchev–Trinajstić information content (AvgIpc) is 3.37. The molecule has 0 aliphatic carbocycles. The average molecular weight is 491 g/mol. The van der Waals surface area contributed by atoms with Gasteiger partial charge in [0.1, 0.15) is 10.6 Å². The van der Waals surface area contributed by atoms with Crippen molar-refractivity contribution in [3.63, 3.8) is 0 Å². The quantitative estimate of drug-likeness (QED) is 0.281. The van der Waals surface area contributed by atoms with Gasteiger partial charge in [0, 0.05) is 18.6 Å². The number of anilines is 1. The zero-order chi connectivity index (χ0) is 25.0. The Morgan fingerprint density at radius 1 is 1.11 bits per heavy atom. The number of amides is 1. The molecule has 0 spiro atoms. The Bertz CT molecular complexity index is 1550. The number of nitrogens with zero attached hydrogens (tertiary/aromatic N) is 4. The second-order valence-electron chi connectivity index (χ2n) is 9.11. The monoisotopic (exact) mass is 490 g/mol. The number of benzene rings is 2. The summed E-state index contributed by atoms with van der Waals surface area (Å²) in [5, 5.41) is 21.2. The Labute approximate surface area is 204 Å². The minimum atomic E-state index is -0.847. The van der Waals surface area contributed by atoms with E-state index in [0.717, 1.165) is 16.1 Å². The van der Waals surface area contributed by atoms with E-state index in [0.29, 0.717) is 34.0 Å². The minimum Gasteiger partial charge on any atom is -0.450 e. The molecule has 1 amide bonds. The first kappa shape index (κ1) is 22.9. The molecule has 0 unspecified atom stereocenters.